The standard InChI is InChI=1S/C12H14F3NO3/c13-12(14,15)6-1-7-18-11(17)8-19-10-4-2-9(16)3-5-10/h2-5H,1,6-8,16H2. The molecule has 7 heteroatoms. The summed E-state index contributed by atoms with van der Waals surface area (Å²) in [5.74, 6) is -0.277. The Labute approximate surface area is 108 Å². The third kappa shape index (κ3) is 7.17. The van der Waals surface area contributed by atoms with Crippen molar-refractivity contribution in [2.24, 2.45) is 0 Å². The number of nitrogen functional groups attached to an aromatic ring is 1. The predicted molar refractivity (Wildman–Crippen MR) is 62.6 cm³/mol. The summed E-state index contributed by atoms with van der Waals surface area (Å²) in [7, 11) is 0. The van der Waals surface area contributed by atoms with E-state index in [1.807, 2.05) is 0 Å². The highest BCUT2D eigenvalue weighted by atomic mass is 19.4. The van der Waals surface area contributed by atoms with Crippen LogP contribution in [0.25, 0.3) is 0 Å². The number of carbonyl (C=O) groups excluding carboxylic acids is 1. The number of hydrogen-bond acceptors (Lipinski definition) is 4. The monoisotopic (exact) mass is 277 g/mol. The third-order valence-electron chi connectivity index (χ3n) is 2.10. The first kappa shape index (κ1) is 15.1. The van der Waals surface area contributed by atoms with Gasteiger partial charge in [0.25, 0.3) is 0 Å². The Morgan fingerprint density at radius 3 is 2.42 bits per heavy atom. The van der Waals surface area contributed by atoms with Gasteiger partial charge in [0.1, 0.15) is 5.75 Å². The molecule has 0 aromatic heterocycles. The second-order valence-electron chi connectivity index (χ2n) is 3.80. The van der Waals surface area contributed by atoms with Crippen LogP contribution in [0, 0.1) is 0 Å². The maximum atomic E-state index is 11.8. The fourth-order valence-corrected chi connectivity index (χ4v) is 1.21. The summed E-state index contributed by atoms with van der Waals surface area (Å²) in [4.78, 5) is 11.2. The molecule has 0 heterocycles. The molecular weight excluding hydrogens is 263 g/mol. The number of nitrogens with two attached hydrogens (primary N) is 1. The second kappa shape index (κ2) is 6.86. The van der Waals surface area contributed by atoms with Crippen molar-refractivity contribution in [2.75, 3.05) is 18.9 Å². The number of esters is 1. The number of hydrogen-bond donors (Lipinski definition) is 1. The SMILES string of the molecule is Nc1ccc(OCC(=O)OCCCC(F)(F)F)cc1. The van der Waals surface area contributed by atoms with E-state index in [4.69, 9.17) is 10.5 Å². The molecule has 0 radical (unpaired) electrons. The van der Waals surface area contributed by atoms with Crippen molar-refractivity contribution in [3.8, 4) is 5.75 Å². The number of halogens is 3. The summed E-state index contributed by atoms with van der Waals surface area (Å²) in [6.07, 6.45) is -5.46. The van der Waals surface area contributed by atoms with Gasteiger partial charge in [-0.05, 0) is 30.7 Å². The number of ether oxygens (including phenoxy) is 2. The lowest BCUT2D eigenvalue weighted by molar-refractivity contribution is -0.151. The van der Waals surface area contributed by atoms with Crippen LogP contribution in [0.15, 0.2) is 24.3 Å². The summed E-state index contributed by atoms with van der Waals surface area (Å²) >= 11 is 0. The van der Waals surface area contributed by atoms with E-state index in [0.29, 0.717) is 11.4 Å². The molecule has 0 aliphatic carbocycles. The van der Waals surface area contributed by atoms with Crippen LogP contribution in [-0.2, 0) is 9.53 Å². The Kier molecular flexibility index (Phi) is 5.47. The van der Waals surface area contributed by atoms with Gasteiger partial charge in [0.05, 0.1) is 6.61 Å². The van der Waals surface area contributed by atoms with Crippen molar-refractivity contribution in [2.45, 2.75) is 19.0 Å². The third-order valence-corrected chi connectivity index (χ3v) is 2.10. The molecule has 0 unspecified atom stereocenters. The average Bonchev–Trinajstić information content (AvgIpc) is 2.33. The number of rotatable bonds is 6. The van der Waals surface area contributed by atoms with E-state index in [9.17, 15) is 18.0 Å². The minimum Gasteiger partial charge on any atom is -0.482 e. The van der Waals surface area contributed by atoms with Gasteiger partial charge in [-0.2, -0.15) is 13.2 Å². The Bertz CT molecular complexity index is 404. The molecule has 0 aliphatic rings. The van der Waals surface area contributed by atoms with Crippen LogP contribution in [-0.4, -0.2) is 25.4 Å². The first-order valence-corrected chi connectivity index (χ1v) is 5.57. The summed E-state index contributed by atoms with van der Waals surface area (Å²) in [6, 6.07) is 6.35. The Balaban J connectivity index is 2.16. The van der Waals surface area contributed by atoms with Crippen molar-refractivity contribution in [1.29, 1.82) is 0 Å². The fraction of sp³-hybridized carbons (Fsp3) is 0.417. The van der Waals surface area contributed by atoms with Crippen LogP contribution >= 0.6 is 0 Å². The molecule has 0 amide bonds. The van der Waals surface area contributed by atoms with Crippen LogP contribution in [0.1, 0.15) is 12.8 Å². The molecule has 0 aliphatic heterocycles. The molecule has 4 nitrogen and oxygen atoms in total. The van der Waals surface area contributed by atoms with Crippen LogP contribution in [0.5, 0.6) is 5.75 Å². The van der Waals surface area contributed by atoms with Gasteiger partial charge in [0.15, 0.2) is 6.61 Å². The van der Waals surface area contributed by atoms with Crippen molar-refractivity contribution >= 4 is 11.7 Å². The minimum absolute atomic E-state index is 0.253. The Hall–Kier alpha value is -1.92. The second-order valence-corrected chi connectivity index (χ2v) is 3.80. The largest absolute Gasteiger partial charge is 0.482 e. The first-order chi connectivity index (χ1) is 8.87. The van der Waals surface area contributed by atoms with E-state index in [1.54, 1.807) is 24.3 Å². The molecule has 1 aromatic rings. The Morgan fingerprint density at radius 1 is 1.21 bits per heavy atom. The van der Waals surface area contributed by atoms with Gasteiger partial charge in [-0.1, -0.05) is 0 Å². The van der Waals surface area contributed by atoms with E-state index < -0.39 is 18.6 Å². The minimum atomic E-state index is -4.23. The van der Waals surface area contributed by atoms with Crippen LogP contribution in [0.2, 0.25) is 0 Å². The zero-order valence-electron chi connectivity index (χ0n) is 10.1. The molecule has 19 heavy (non-hydrogen) atoms. The van der Waals surface area contributed by atoms with Crippen LogP contribution in [0.4, 0.5) is 18.9 Å². The smallest absolute Gasteiger partial charge is 0.389 e. The van der Waals surface area contributed by atoms with Crippen molar-refractivity contribution in [3.05, 3.63) is 24.3 Å². The maximum Gasteiger partial charge on any atom is 0.389 e. The fourth-order valence-electron chi connectivity index (χ4n) is 1.21. The highest BCUT2D eigenvalue weighted by Crippen LogP contribution is 2.21. The quantitative estimate of drug-likeness (QED) is 0.493. The van der Waals surface area contributed by atoms with E-state index in [0.717, 1.165) is 0 Å². The van der Waals surface area contributed by atoms with Gasteiger partial charge in [0.2, 0.25) is 0 Å². The average molecular weight is 277 g/mol. The first-order valence-electron chi connectivity index (χ1n) is 5.57. The van der Waals surface area contributed by atoms with Gasteiger partial charge >= 0.3 is 12.1 Å². The molecule has 0 spiro atoms. The summed E-state index contributed by atoms with van der Waals surface area (Å²) in [6.45, 7) is -0.626. The van der Waals surface area contributed by atoms with E-state index >= 15 is 0 Å². The molecule has 0 atom stereocenters. The molecule has 2 N–H and O–H groups in total. The summed E-state index contributed by atoms with van der Waals surface area (Å²) in [5.41, 5.74) is 6.02. The van der Waals surface area contributed by atoms with E-state index in [-0.39, 0.29) is 19.6 Å². The number of alkyl halides is 3. The van der Waals surface area contributed by atoms with Gasteiger partial charge in [-0.15, -0.1) is 0 Å². The maximum absolute atomic E-state index is 11.8. The highest BCUT2D eigenvalue weighted by Gasteiger charge is 2.26. The zero-order chi connectivity index (χ0) is 14.3. The van der Waals surface area contributed by atoms with Crippen molar-refractivity contribution < 1.29 is 27.4 Å². The highest BCUT2D eigenvalue weighted by molar-refractivity contribution is 5.71. The molecule has 0 saturated heterocycles. The normalized spacial score (nSPS) is 11.1. The van der Waals surface area contributed by atoms with Gasteiger partial charge in [-0.25, -0.2) is 4.79 Å². The Morgan fingerprint density at radius 2 is 1.84 bits per heavy atom. The summed E-state index contributed by atoms with van der Waals surface area (Å²) in [5, 5.41) is 0. The number of benzene rings is 1. The lowest BCUT2D eigenvalue weighted by Crippen LogP contribution is -2.16. The zero-order valence-corrected chi connectivity index (χ0v) is 10.1. The van der Waals surface area contributed by atoms with Crippen molar-refractivity contribution in [1.82, 2.24) is 0 Å². The molecular formula is C12H14F3NO3. The molecule has 0 saturated carbocycles. The number of carbonyl (C=O) groups is 1. The van der Waals surface area contributed by atoms with Gasteiger partial charge in [0, 0.05) is 12.1 Å². The molecule has 0 fully saturated rings. The molecule has 0 bridgehead atoms. The number of anilines is 1. The van der Waals surface area contributed by atoms with Crippen molar-refractivity contribution in [3.63, 3.8) is 0 Å². The van der Waals surface area contributed by atoms with Crippen LogP contribution < -0.4 is 10.5 Å². The lowest BCUT2D eigenvalue weighted by Gasteiger charge is -2.08. The van der Waals surface area contributed by atoms with Crippen LogP contribution in [0.3, 0.4) is 0 Å². The molecule has 1 rings (SSSR count). The van der Waals surface area contributed by atoms with E-state index in [2.05, 4.69) is 4.74 Å². The lowest BCUT2D eigenvalue weighted by atomic mass is 10.3. The van der Waals surface area contributed by atoms with Gasteiger partial charge < -0.3 is 15.2 Å². The topological polar surface area (TPSA) is 61.5 Å². The molecule has 1 aromatic carbocycles. The van der Waals surface area contributed by atoms with Gasteiger partial charge in [-0.3, -0.25) is 0 Å². The van der Waals surface area contributed by atoms with E-state index in [1.165, 1.54) is 0 Å². The summed E-state index contributed by atoms with van der Waals surface area (Å²) < 4.78 is 45.1. The molecule has 106 valence electrons. The predicted octanol–water partition coefficient (Wildman–Crippen LogP) is 2.53.